The predicted molar refractivity (Wildman–Crippen MR) is 90.5 cm³/mol. The summed E-state index contributed by atoms with van der Waals surface area (Å²) in [6, 6.07) is 8.19. The van der Waals surface area contributed by atoms with Gasteiger partial charge in [0.2, 0.25) is 5.91 Å². The molecule has 0 bridgehead atoms. The first-order valence-corrected chi connectivity index (χ1v) is 7.94. The van der Waals surface area contributed by atoms with E-state index in [2.05, 4.69) is 47.2 Å². The minimum atomic E-state index is -0.585. The number of hydrogen-bond acceptors (Lipinski definition) is 3. The third-order valence-corrected chi connectivity index (χ3v) is 4.86. The standard InChI is InChI=1S/C14H19BrN2OS.ClH/c1-13(2,9-17-12(18)14(16)7-8-14)19-11-5-3-10(15)4-6-11;/h3-6H,7-9,16H2,1-2H3,(H,17,18);1H. The maximum Gasteiger partial charge on any atom is 0.240 e. The van der Waals surface area contributed by atoms with Gasteiger partial charge in [-0.1, -0.05) is 15.9 Å². The highest BCUT2D eigenvalue weighted by Crippen LogP contribution is 2.34. The van der Waals surface area contributed by atoms with Gasteiger partial charge in [-0.05, 0) is 51.0 Å². The fraction of sp³-hybridized carbons (Fsp3) is 0.500. The number of carbonyl (C=O) groups is 1. The molecule has 1 saturated carbocycles. The van der Waals surface area contributed by atoms with Crippen LogP contribution in [0.2, 0.25) is 0 Å². The summed E-state index contributed by atoms with van der Waals surface area (Å²) < 4.78 is 1.01. The van der Waals surface area contributed by atoms with Gasteiger partial charge in [-0.2, -0.15) is 0 Å². The van der Waals surface area contributed by atoms with Gasteiger partial charge in [0.1, 0.15) is 0 Å². The van der Waals surface area contributed by atoms with Gasteiger partial charge in [0, 0.05) is 20.7 Å². The molecule has 0 saturated heterocycles. The Morgan fingerprint density at radius 2 is 1.95 bits per heavy atom. The minimum absolute atomic E-state index is 0. The summed E-state index contributed by atoms with van der Waals surface area (Å²) in [5, 5.41) is 2.96. The Labute approximate surface area is 139 Å². The number of nitrogens with two attached hydrogens (primary N) is 1. The molecule has 2 rings (SSSR count). The maximum absolute atomic E-state index is 11.8. The van der Waals surface area contributed by atoms with Crippen molar-refractivity contribution in [1.29, 1.82) is 0 Å². The summed E-state index contributed by atoms with van der Waals surface area (Å²) in [5.74, 6) is -0.0167. The smallest absolute Gasteiger partial charge is 0.240 e. The average Bonchev–Trinajstić information content (AvgIpc) is 3.09. The van der Waals surface area contributed by atoms with Gasteiger partial charge in [0.15, 0.2) is 0 Å². The van der Waals surface area contributed by atoms with E-state index in [0.29, 0.717) is 6.54 Å². The van der Waals surface area contributed by atoms with Crippen LogP contribution in [0.3, 0.4) is 0 Å². The molecule has 1 aliphatic carbocycles. The molecule has 0 atom stereocenters. The summed E-state index contributed by atoms with van der Waals surface area (Å²) >= 11 is 5.17. The SMILES string of the molecule is CC(C)(CNC(=O)C1(N)CC1)Sc1ccc(Br)cc1.Cl. The summed E-state index contributed by atoms with van der Waals surface area (Å²) in [5.41, 5.74) is 5.28. The van der Waals surface area contributed by atoms with Crippen molar-refractivity contribution in [2.75, 3.05) is 6.54 Å². The van der Waals surface area contributed by atoms with Gasteiger partial charge in [0.25, 0.3) is 0 Å². The van der Waals surface area contributed by atoms with E-state index in [1.54, 1.807) is 11.8 Å². The van der Waals surface area contributed by atoms with Crippen LogP contribution in [-0.2, 0) is 4.79 Å². The number of rotatable bonds is 5. The van der Waals surface area contributed by atoms with Crippen molar-refractivity contribution in [3.8, 4) is 0 Å². The molecule has 112 valence electrons. The van der Waals surface area contributed by atoms with Gasteiger partial charge >= 0.3 is 0 Å². The lowest BCUT2D eigenvalue weighted by molar-refractivity contribution is -0.123. The van der Waals surface area contributed by atoms with E-state index in [-0.39, 0.29) is 23.1 Å². The summed E-state index contributed by atoms with van der Waals surface area (Å²) in [6.07, 6.45) is 1.61. The van der Waals surface area contributed by atoms with Gasteiger partial charge < -0.3 is 11.1 Å². The third-order valence-electron chi connectivity index (χ3n) is 3.12. The van der Waals surface area contributed by atoms with E-state index in [9.17, 15) is 4.79 Å². The Bertz CT molecular complexity index is 475. The van der Waals surface area contributed by atoms with Crippen molar-refractivity contribution in [1.82, 2.24) is 5.32 Å². The Balaban J connectivity index is 0.00000200. The number of halogens is 2. The topological polar surface area (TPSA) is 55.1 Å². The van der Waals surface area contributed by atoms with Crippen LogP contribution in [0.4, 0.5) is 0 Å². The molecule has 3 N–H and O–H groups in total. The van der Waals surface area contributed by atoms with Gasteiger partial charge in [-0.15, -0.1) is 24.2 Å². The molecule has 1 aromatic carbocycles. The minimum Gasteiger partial charge on any atom is -0.353 e. The van der Waals surface area contributed by atoms with Crippen LogP contribution < -0.4 is 11.1 Å². The number of carbonyl (C=O) groups excluding carboxylic acids is 1. The molecule has 20 heavy (non-hydrogen) atoms. The Hall–Kier alpha value is -0.230. The van der Waals surface area contributed by atoms with Crippen LogP contribution in [-0.4, -0.2) is 22.7 Å². The van der Waals surface area contributed by atoms with Crippen molar-refractivity contribution in [3.05, 3.63) is 28.7 Å². The molecule has 3 nitrogen and oxygen atoms in total. The first kappa shape index (κ1) is 17.8. The third kappa shape index (κ3) is 4.95. The molecule has 0 heterocycles. The summed E-state index contributed by atoms with van der Waals surface area (Å²) in [6.45, 7) is 4.86. The molecule has 1 fully saturated rings. The quantitative estimate of drug-likeness (QED) is 0.771. The van der Waals surface area contributed by atoms with E-state index in [1.807, 2.05) is 12.1 Å². The first-order chi connectivity index (χ1) is 8.81. The zero-order chi connectivity index (χ0) is 14.1. The Morgan fingerprint density at radius 1 is 1.40 bits per heavy atom. The van der Waals surface area contributed by atoms with Crippen molar-refractivity contribution in [3.63, 3.8) is 0 Å². The van der Waals surface area contributed by atoms with Crippen LogP contribution in [0.15, 0.2) is 33.6 Å². The molecule has 0 spiro atoms. The Kier molecular flexibility index (Phi) is 5.96. The molecule has 0 aromatic heterocycles. The highest BCUT2D eigenvalue weighted by Gasteiger charge is 2.46. The largest absolute Gasteiger partial charge is 0.353 e. The van der Waals surface area contributed by atoms with E-state index >= 15 is 0 Å². The van der Waals surface area contributed by atoms with Crippen molar-refractivity contribution in [2.45, 2.75) is 41.9 Å². The Morgan fingerprint density at radius 3 is 2.45 bits per heavy atom. The number of hydrogen-bond donors (Lipinski definition) is 2. The van der Waals surface area contributed by atoms with Crippen LogP contribution in [0.25, 0.3) is 0 Å². The molecule has 6 heteroatoms. The summed E-state index contributed by atoms with van der Waals surface area (Å²) in [7, 11) is 0. The molecular formula is C14H20BrClN2OS. The molecule has 0 radical (unpaired) electrons. The lowest BCUT2D eigenvalue weighted by atomic mass is 10.2. The highest BCUT2D eigenvalue weighted by molar-refractivity contribution is 9.10. The van der Waals surface area contributed by atoms with E-state index in [4.69, 9.17) is 5.73 Å². The summed E-state index contributed by atoms with van der Waals surface area (Å²) in [4.78, 5) is 13.0. The van der Waals surface area contributed by atoms with E-state index in [0.717, 1.165) is 17.3 Å². The highest BCUT2D eigenvalue weighted by atomic mass is 79.9. The lowest BCUT2D eigenvalue weighted by Gasteiger charge is -2.25. The van der Waals surface area contributed by atoms with Crippen molar-refractivity contribution in [2.24, 2.45) is 5.73 Å². The van der Waals surface area contributed by atoms with Crippen LogP contribution >= 0.6 is 40.1 Å². The zero-order valence-corrected chi connectivity index (χ0v) is 14.8. The van der Waals surface area contributed by atoms with Crippen LogP contribution in [0.1, 0.15) is 26.7 Å². The number of thioether (sulfide) groups is 1. The second kappa shape index (κ2) is 6.69. The molecule has 0 aliphatic heterocycles. The van der Waals surface area contributed by atoms with Crippen LogP contribution in [0, 0.1) is 0 Å². The molecule has 1 aromatic rings. The lowest BCUT2D eigenvalue weighted by Crippen LogP contribution is -2.46. The monoisotopic (exact) mass is 378 g/mol. The maximum atomic E-state index is 11.8. The first-order valence-electron chi connectivity index (χ1n) is 6.33. The normalized spacial score (nSPS) is 16.2. The number of nitrogens with one attached hydrogen (secondary N) is 1. The van der Waals surface area contributed by atoms with E-state index < -0.39 is 5.54 Å². The van der Waals surface area contributed by atoms with Crippen molar-refractivity contribution >= 4 is 46.0 Å². The van der Waals surface area contributed by atoms with Gasteiger partial charge in [-0.3, -0.25) is 4.79 Å². The van der Waals surface area contributed by atoms with Crippen molar-refractivity contribution < 1.29 is 4.79 Å². The number of benzene rings is 1. The molecular weight excluding hydrogens is 360 g/mol. The van der Waals surface area contributed by atoms with Gasteiger partial charge in [-0.25, -0.2) is 0 Å². The second-order valence-corrected chi connectivity index (χ2v) is 8.35. The van der Waals surface area contributed by atoms with Crippen LogP contribution in [0.5, 0.6) is 0 Å². The van der Waals surface area contributed by atoms with Gasteiger partial charge in [0.05, 0.1) is 5.54 Å². The van der Waals surface area contributed by atoms with E-state index in [1.165, 1.54) is 4.90 Å². The number of amides is 1. The second-order valence-electron chi connectivity index (χ2n) is 5.65. The molecule has 1 amide bonds. The average molecular weight is 380 g/mol. The predicted octanol–water partition coefficient (Wildman–Crippen LogP) is 3.35. The fourth-order valence-corrected chi connectivity index (χ4v) is 3.01. The fourth-order valence-electron chi connectivity index (χ4n) is 1.69. The molecule has 0 unspecified atom stereocenters. The zero-order valence-electron chi connectivity index (χ0n) is 11.6. The molecule has 1 aliphatic rings.